The predicted molar refractivity (Wildman–Crippen MR) is 47.2 cm³/mol. The zero-order valence-corrected chi connectivity index (χ0v) is 7.94. The standard InChI is InChI=1S/C8H17NO4/c1-9(4-6-10,5-7-11)3-2-8(12)13/h10-11H,2-7H2,1H3/p+1. The highest BCUT2D eigenvalue weighted by Gasteiger charge is 2.21. The Morgan fingerprint density at radius 2 is 1.62 bits per heavy atom. The second kappa shape index (κ2) is 5.90. The summed E-state index contributed by atoms with van der Waals surface area (Å²) < 4.78 is 0.402. The van der Waals surface area contributed by atoms with Gasteiger partial charge in [0, 0.05) is 0 Å². The Labute approximate surface area is 77.8 Å². The van der Waals surface area contributed by atoms with Gasteiger partial charge in [-0.25, -0.2) is 0 Å². The summed E-state index contributed by atoms with van der Waals surface area (Å²) in [4.78, 5) is 10.3. The highest BCUT2D eigenvalue weighted by atomic mass is 16.4. The highest BCUT2D eigenvalue weighted by molar-refractivity contribution is 5.66. The van der Waals surface area contributed by atoms with Crippen LogP contribution >= 0.6 is 0 Å². The molecule has 0 aromatic heterocycles. The van der Waals surface area contributed by atoms with E-state index in [1.54, 1.807) is 0 Å². The first-order chi connectivity index (χ1) is 6.04. The van der Waals surface area contributed by atoms with Gasteiger partial charge in [-0.3, -0.25) is 4.79 Å². The fourth-order valence-electron chi connectivity index (χ4n) is 1.18. The van der Waals surface area contributed by atoms with Crippen LogP contribution < -0.4 is 0 Å². The molecular weight excluding hydrogens is 174 g/mol. The number of rotatable bonds is 7. The Hall–Kier alpha value is -0.650. The number of carboxylic acids is 1. The minimum atomic E-state index is -0.847. The van der Waals surface area contributed by atoms with E-state index in [0.717, 1.165) is 0 Å². The third-order valence-electron chi connectivity index (χ3n) is 2.15. The fourth-order valence-corrected chi connectivity index (χ4v) is 1.18. The molecule has 3 N–H and O–H groups in total. The summed E-state index contributed by atoms with van der Waals surface area (Å²) in [5, 5.41) is 26.0. The Morgan fingerprint density at radius 3 is 1.92 bits per heavy atom. The lowest BCUT2D eigenvalue weighted by Crippen LogP contribution is -2.49. The molecule has 0 atom stereocenters. The van der Waals surface area contributed by atoms with Gasteiger partial charge in [-0.15, -0.1) is 0 Å². The zero-order valence-electron chi connectivity index (χ0n) is 7.94. The van der Waals surface area contributed by atoms with Gasteiger partial charge in [0.2, 0.25) is 0 Å². The Kier molecular flexibility index (Phi) is 5.61. The molecule has 0 unspecified atom stereocenters. The van der Waals surface area contributed by atoms with E-state index in [1.807, 2.05) is 7.05 Å². The van der Waals surface area contributed by atoms with E-state index in [0.29, 0.717) is 24.1 Å². The number of aliphatic hydroxyl groups is 2. The van der Waals surface area contributed by atoms with Gasteiger partial charge in [0.1, 0.15) is 13.1 Å². The van der Waals surface area contributed by atoms with Crippen molar-refractivity contribution in [3.05, 3.63) is 0 Å². The number of carboxylic acid groups (broad SMARTS) is 1. The van der Waals surface area contributed by atoms with E-state index in [1.165, 1.54) is 0 Å². The lowest BCUT2D eigenvalue weighted by atomic mass is 10.3. The summed E-state index contributed by atoms with van der Waals surface area (Å²) in [5.41, 5.74) is 0. The molecule has 0 aromatic carbocycles. The van der Waals surface area contributed by atoms with Crippen LogP contribution in [0.4, 0.5) is 0 Å². The Balaban J connectivity index is 3.98. The molecule has 0 heterocycles. The van der Waals surface area contributed by atoms with Crippen LogP contribution in [-0.2, 0) is 4.79 Å². The van der Waals surface area contributed by atoms with Crippen LogP contribution in [0.25, 0.3) is 0 Å². The number of carbonyl (C=O) groups is 1. The van der Waals surface area contributed by atoms with Crippen LogP contribution in [0.5, 0.6) is 0 Å². The highest BCUT2D eigenvalue weighted by Crippen LogP contribution is 2.02. The molecule has 0 aromatic rings. The van der Waals surface area contributed by atoms with E-state index < -0.39 is 5.97 Å². The average molecular weight is 192 g/mol. The van der Waals surface area contributed by atoms with Gasteiger partial charge >= 0.3 is 5.97 Å². The van der Waals surface area contributed by atoms with Gasteiger partial charge in [0.05, 0.1) is 33.2 Å². The topological polar surface area (TPSA) is 77.8 Å². The predicted octanol–water partition coefficient (Wildman–Crippen LogP) is -1.11. The van der Waals surface area contributed by atoms with Crippen LogP contribution in [0.15, 0.2) is 0 Å². The van der Waals surface area contributed by atoms with Crippen LogP contribution in [0, 0.1) is 0 Å². The molecule has 0 aliphatic rings. The maximum atomic E-state index is 10.3. The van der Waals surface area contributed by atoms with Crippen LogP contribution in [0.2, 0.25) is 0 Å². The molecule has 0 amide bonds. The first-order valence-corrected chi connectivity index (χ1v) is 4.31. The quantitative estimate of drug-likeness (QED) is 0.447. The number of nitrogens with zero attached hydrogens (tertiary/aromatic N) is 1. The molecule has 78 valence electrons. The molecule has 13 heavy (non-hydrogen) atoms. The number of aliphatic carboxylic acids is 1. The molecule has 5 nitrogen and oxygen atoms in total. The third-order valence-corrected chi connectivity index (χ3v) is 2.15. The lowest BCUT2D eigenvalue weighted by Gasteiger charge is -2.32. The second-order valence-electron chi connectivity index (χ2n) is 3.38. The Bertz CT molecular complexity index is 154. The van der Waals surface area contributed by atoms with Crippen molar-refractivity contribution in [3.63, 3.8) is 0 Å². The van der Waals surface area contributed by atoms with Crippen LogP contribution in [-0.4, -0.2) is 65.7 Å². The molecule has 0 bridgehead atoms. The molecule has 0 saturated heterocycles. The van der Waals surface area contributed by atoms with Crippen molar-refractivity contribution in [2.24, 2.45) is 0 Å². The van der Waals surface area contributed by atoms with Gasteiger partial charge in [0.25, 0.3) is 0 Å². The number of hydrogen-bond donors (Lipinski definition) is 3. The van der Waals surface area contributed by atoms with Crippen molar-refractivity contribution in [3.8, 4) is 0 Å². The number of quaternary nitrogens is 1. The van der Waals surface area contributed by atoms with Crippen molar-refractivity contribution < 1.29 is 24.6 Å². The maximum Gasteiger partial charge on any atom is 0.309 e. The van der Waals surface area contributed by atoms with E-state index in [-0.39, 0.29) is 19.6 Å². The zero-order chi connectivity index (χ0) is 10.3. The van der Waals surface area contributed by atoms with Gasteiger partial charge in [-0.2, -0.15) is 0 Å². The monoisotopic (exact) mass is 192 g/mol. The summed E-state index contributed by atoms with van der Waals surface area (Å²) in [7, 11) is 1.83. The molecular formula is C8H18NO4+. The van der Waals surface area contributed by atoms with E-state index in [2.05, 4.69) is 0 Å². The summed E-state index contributed by atoms with van der Waals surface area (Å²) in [6.45, 7) is 1.42. The fraction of sp³-hybridized carbons (Fsp3) is 0.875. The van der Waals surface area contributed by atoms with Crippen LogP contribution in [0.3, 0.4) is 0 Å². The van der Waals surface area contributed by atoms with Crippen molar-refractivity contribution >= 4 is 5.97 Å². The van der Waals surface area contributed by atoms with E-state index in [4.69, 9.17) is 15.3 Å². The van der Waals surface area contributed by atoms with E-state index in [9.17, 15) is 4.79 Å². The molecule has 0 saturated carbocycles. The van der Waals surface area contributed by atoms with Crippen molar-refractivity contribution in [2.75, 3.05) is 39.9 Å². The molecule has 0 rings (SSSR count). The summed E-state index contributed by atoms with van der Waals surface area (Å²) >= 11 is 0. The van der Waals surface area contributed by atoms with Gasteiger partial charge in [-0.05, 0) is 0 Å². The molecule has 0 spiro atoms. The average Bonchev–Trinajstić information content (AvgIpc) is 2.02. The molecule has 0 fully saturated rings. The van der Waals surface area contributed by atoms with Gasteiger partial charge in [0.15, 0.2) is 0 Å². The summed E-state index contributed by atoms with van der Waals surface area (Å²) in [6.07, 6.45) is 0.0660. The first-order valence-electron chi connectivity index (χ1n) is 4.31. The van der Waals surface area contributed by atoms with Crippen molar-refractivity contribution in [1.29, 1.82) is 0 Å². The Morgan fingerprint density at radius 1 is 1.15 bits per heavy atom. The number of aliphatic hydroxyl groups excluding tert-OH is 2. The third kappa shape index (κ3) is 5.57. The smallest absolute Gasteiger partial charge is 0.309 e. The normalized spacial score (nSPS) is 11.6. The molecule has 0 radical (unpaired) electrons. The minimum absolute atomic E-state index is 0.0100. The van der Waals surface area contributed by atoms with Crippen LogP contribution in [0.1, 0.15) is 6.42 Å². The van der Waals surface area contributed by atoms with Gasteiger partial charge < -0.3 is 19.8 Å². The lowest BCUT2D eigenvalue weighted by molar-refractivity contribution is -0.909. The molecule has 0 aliphatic heterocycles. The second-order valence-corrected chi connectivity index (χ2v) is 3.38. The number of hydrogen-bond acceptors (Lipinski definition) is 3. The van der Waals surface area contributed by atoms with Crippen molar-refractivity contribution in [1.82, 2.24) is 0 Å². The van der Waals surface area contributed by atoms with Gasteiger partial charge in [-0.1, -0.05) is 0 Å². The largest absolute Gasteiger partial charge is 0.481 e. The van der Waals surface area contributed by atoms with E-state index >= 15 is 0 Å². The summed E-state index contributed by atoms with van der Waals surface area (Å²) in [5.74, 6) is -0.847. The minimum Gasteiger partial charge on any atom is -0.481 e. The maximum absolute atomic E-state index is 10.3. The molecule has 0 aliphatic carbocycles. The first kappa shape index (κ1) is 12.3. The SMILES string of the molecule is C[N+](CCO)(CCO)CCC(=O)O. The number of likely N-dealkylation sites (N-methyl/N-ethyl adjacent to an activating group) is 1. The molecule has 5 heteroatoms. The summed E-state index contributed by atoms with van der Waals surface area (Å²) in [6, 6.07) is 0. The van der Waals surface area contributed by atoms with Crippen molar-refractivity contribution in [2.45, 2.75) is 6.42 Å².